The number of carbonyl (C=O) groups excluding carboxylic acids is 2. The summed E-state index contributed by atoms with van der Waals surface area (Å²) in [6.45, 7) is 4.87. The summed E-state index contributed by atoms with van der Waals surface area (Å²) in [4.78, 5) is 35.6. The number of hydrogen-bond donors (Lipinski definition) is 1. The highest BCUT2D eigenvalue weighted by atomic mass is 16.5. The molecular weight excluding hydrogens is 362 g/mol. The number of nitrogens with one attached hydrogen (secondary N) is 1. The van der Waals surface area contributed by atoms with Gasteiger partial charge >= 0.3 is 5.63 Å². The number of ether oxygens (including phenoxy) is 1. The van der Waals surface area contributed by atoms with Crippen molar-refractivity contribution in [1.82, 2.24) is 5.32 Å². The highest BCUT2D eigenvalue weighted by Gasteiger charge is 2.22. The molecular formula is C21H24NO6-. The lowest BCUT2D eigenvalue weighted by molar-refractivity contribution is -0.309. The van der Waals surface area contributed by atoms with Crippen LogP contribution in [0.15, 0.2) is 21.3 Å². The molecule has 0 radical (unpaired) electrons. The Morgan fingerprint density at radius 2 is 1.89 bits per heavy atom. The fourth-order valence-electron chi connectivity index (χ4n) is 3.64. The summed E-state index contributed by atoms with van der Waals surface area (Å²) in [7, 11) is 0. The number of fused-ring (bicyclic) bond motifs is 3. The van der Waals surface area contributed by atoms with Crippen LogP contribution in [-0.2, 0) is 22.4 Å². The highest BCUT2D eigenvalue weighted by molar-refractivity contribution is 5.89. The summed E-state index contributed by atoms with van der Waals surface area (Å²) in [5.41, 5.74) is 2.55. The van der Waals surface area contributed by atoms with Crippen molar-refractivity contribution in [2.75, 3.05) is 6.61 Å². The van der Waals surface area contributed by atoms with Gasteiger partial charge in [0.25, 0.3) is 5.91 Å². The quantitative estimate of drug-likeness (QED) is 0.749. The van der Waals surface area contributed by atoms with Crippen LogP contribution in [0, 0.1) is 12.8 Å². The fraction of sp³-hybridized carbons (Fsp3) is 0.476. The lowest BCUT2D eigenvalue weighted by Gasteiger charge is -2.23. The minimum Gasteiger partial charge on any atom is -0.548 e. The van der Waals surface area contributed by atoms with Gasteiger partial charge in [0.05, 0.1) is 17.4 Å². The van der Waals surface area contributed by atoms with Gasteiger partial charge in [0, 0.05) is 5.56 Å². The number of benzene rings is 1. The average Bonchev–Trinajstić information content (AvgIpc) is 2.63. The van der Waals surface area contributed by atoms with Gasteiger partial charge in [-0.1, -0.05) is 13.8 Å². The van der Waals surface area contributed by atoms with Crippen LogP contribution in [0.1, 0.15) is 43.4 Å². The molecule has 1 heterocycles. The van der Waals surface area contributed by atoms with Crippen LogP contribution < -0.4 is 20.8 Å². The van der Waals surface area contributed by atoms with Gasteiger partial charge in [0.1, 0.15) is 11.3 Å². The molecule has 0 saturated heterocycles. The Morgan fingerprint density at radius 1 is 1.21 bits per heavy atom. The molecule has 1 aromatic carbocycles. The summed E-state index contributed by atoms with van der Waals surface area (Å²) in [6, 6.07) is 2.49. The van der Waals surface area contributed by atoms with Gasteiger partial charge in [-0.05, 0) is 61.8 Å². The van der Waals surface area contributed by atoms with E-state index in [1.807, 2.05) is 6.92 Å². The first-order chi connectivity index (χ1) is 13.3. The van der Waals surface area contributed by atoms with E-state index in [0.29, 0.717) is 28.7 Å². The maximum atomic E-state index is 12.3. The zero-order chi connectivity index (χ0) is 20.4. The Labute approximate surface area is 162 Å². The highest BCUT2D eigenvalue weighted by Crippen LogP contribution is 2.34. The predicted octanol–water partition coefficient (Wildman–Crippen LogP) is 1.25. The number of hydrogen-bond acceptors (Lipinski definition) is 6. The van der Waals surface area contributed by atoms with Crippen molar-refractivity contribution in [3.63, 3.8) is 0 Å². The molecule has 2 aromatic rings. The number of carboxylic acids is 1. The molecule has 150 valence electrons. The smallest absolute Gasteiger partial charge is 0.339 e. The molecule has 1 atom stereocenters. The zero-order valence-electron chi connectivity index (χ0n) is 16.3. The van der Waals surface area contributed by atoms with Gasteiger partial charge in [-0.3, -0.25) is 4.79 Å². The largest absolute Gasteiger partial charge is 0.548 e. The Morgan fingerprint density at radius 3 is 2.54 bits per heavy atom. The van der Waals surface area contributed by atoms with Crippen molar-refractivity contribution in [3.8, 4) is 5.75 Å². The van der Waals surface area contributed by atoms with Crippen LogP contribution in [0.2, 0.25) is 0 Å². The molecule has 1 aromatic heterocycles. The van der Waals surface area contributed by atoms with Crippen LogP contribution in [0.4, 0.5) is 0 Å². The molecule has 0 aliphatic heterocycles. The van der Waals surface area contributed by atoms with E-state index in [1.54, 1.807) is 26.0 Å². The molecule has 3 rings (SSSR count). The second kappa shape index (κ2) is 8.04. The third kappa shape index (κ3) is 4.03. The average molecular weight is 386 g/mol. The molecule has 1 N–H and O–H groups in total. The number of amides is 1. The Hall–Kier alpha value is -2.83. The van der Waals surface area contributed by atoms with Gasteiger partial charge < -0.3 is 24.4 Å². The van der Waals surface area contributed by atoms with Crippen molar-refractivity contribution < 1.29 is 23.8 Å². The van der Waals surface area contributed by atoms with Gasteiger partial charge in [-0.2, -0.15) is 0 Å². The normalized spacial score (nSPS) is 14.6. The van der Waals surface area contributed by atoms with E-state index in [9.17, 15) is 19.5 Å². The molecule has 0 spiro atoms. The predicted molar refractivity (Wildman–Crippen MR) is 101 cm³/mol. The van der Waals surface area contributed by atoms with E-state index in [0.717, 1.165) is 30.4 Å². The number of aryl methyl sites for hydroxylation is 2. The van der Waals surface area contributed by atoms with Crippen molar-refractivity contribution >= 4 is 22.8 Å². The molecule has 1 aliphatic carbocycles. The molecule has 1 amide bonds. The summed E-state index contributed by atoms with van der Waals surface area (Å²) >= 11 is 0. The maximum Gasteiger partial charge on any atom is 0.339 e. The van der Waals surface area contributed by atoms with E-state index in [-0.39, 0.29) is 18.2 Å². The number of rotatable bonds is 6. The molecule has 0 unspecified atom stereocenters. The number of aliphatic carboxylic acids is 1. The van der Waals surface area contributed by atoms with Crippen LogP contribution >= 0.6 is 0 Å². The molecule has 1 aliphatic rings. The van der Waals surface area contributed by atoms with Crippen LogP contribution in [0.3, 0.4) is 0 Å². The first-order valence-corrected chi connectivity index (χ1v) is 9.50. The fourth-order valence-corrected chi connectivity index (χ4v) is 3.64. The van der Waals surface area contributed by atoms with E-state index in [2.05, 4.69) is 5.32 Å². The van der Waals surface area contributed by atoms with E-state index < -0.39 is 17.9 Å². The monoisotopic (exact) mass is 386 g/mol. The third-order valence-corrected chi connectivity index (χ3v) is 5.02. The Balaban J connectivity index is 1.90. The van der Waals surface area contributed by atoms with Gasteiger partial charge in [-0.25, -0.2) is 4.79 Å². The van der Waals surface area contributed by atoms with Crippen LogP contribution in [0.25, 0.3) is 11.0 Å². The van der Waals surface area contributed by atoms with E-state index in [1.165, 1.54) is 0 Å². The molecule has 0 saturated carbocycles. The van der Waals surface area contributed by atoms with Crippen molar-refractivity contribution in [3.05, 3.63) is 39.2 Å². The standard InChI is InChI=1S/C21H25NO6/c1-11(2)19(20(24)25)22-17(23)10-27-15-8-12(3)9-16-18(15)13-6-4-5-7-14(13)21(26)28-16/h8-9,11,19H,4-7,10H2,1-3H3,(H,22,23)(H,24,25)/p-1/t19-/m0/s1. The first-order valence-electron chi connectivity index (χ1n) is 9.50. The third-order valence-electron chi connectivity index (χ3n) is 5.02. The maximum absolute atomic E-state index is 12.3. The van der Waals surface area contributed by atoms with Crippen LogP contribution in [0.5, 0.6) is 5.75 Å². The van der Waals surface area contributed by atoms with Gasteiger partial charge in [0.15, 0.2) is 6.61 Å². The minimum atomic E-state index is -1.33. The van der Waals surface area contributed by atoms with E-state index >= 15 is 0 Å². The summed E-state index contributed by atoms with van der Waals surface area (Å²) in [6.07, 6.45) is 3.33. The molecule has 28 heavy (non-hydrogen) atoms. The van der Waals surface area contributed by atoms with Gasteiger partial charge in [-0.15, -0.1) is 0 Å². The van der Waals surface area contributed by atoms with Crippen LogP contribution in [-0.4, -0.2) is 24.5 Å². The molecule has 0 bridgehead atoms. The lowest BCUT2D eigenvalue weighted by atomic mass is 9.90. The van der Waals surface area contributed by atoms with Crippen molar-refractivity contribution in [1.29, 1.82) is 0 Å². The van der Waals surface area contributed by atoms with E-state index in [4.69, 9.17) is 9.15 Å². The Bertz CT molecular complexity index is 975. The first kappa shape index (κ1) is 19.9. The number of carbonyl (C=O) groups is 2. The van der Waals surface area contributed by atoms with Crippen molar-refractivity contribution in [2.24, 2.45) is 5.92 Å². The topological polar surface area (TPSA) is 109 Å². The summed E-state index contributed by atoms with van der Waals surface area (Å²) in [5, 5.41) is 14.3. The second-order valence-corrected chi connectivity index (χ2v) is 7.59. The second-order valence-electron chi connectivity index (χ2n) is 7.59. The summed E-state index contributed by atoms with van der Waals surface area (Å²) in [5.74, 6) is -1.74. The Kier molecular flexibility index (Phi) is 5.72. The van der Waals surface area contributed by atoms with Gasteiger partial charge in [0.2, 0.25) is 0 Å². The molecule has 7 nitrogen and oxygen atoms in total. The number of carboxylic acid groups (broad SMARTS) is 1. The molecule has 0 fully saturated rings. The molecule has 7 heteroatoms. The lowest BCUT2D eigenvalue weighted by Crippen LogP contribution is -2.51. The minimum absolute atomic E-state index is 0.310. The SMILES string of the molecule is Cc1cc(OCC(=O)N[C@H](C(=O)[O-])C(C)C)c2c3c(c(=O)oc2c1)CCCC3. The zero-order valence-corrected chi connectivity index (χ0v) is 16.3. The van der Waals surface area contributed by atoms with Crippen molar-refractivity contribution in [2.45, 2.75) is 52.5 Å². The summed E-state index contributed by atoms with van der Waals surface area (Å²) < 4.78 is 11.2.